The summed E-state index contributed by atoms with van der Waals surface area (Å²) >= 11 is 0. The molecule has 0 aliphatic heterocycles. The third-order valence-corrected chi connectivity index (χ3v) is 1.74. The molecule has 0 heterocycles. The van der Waals surface area contributed by atoms with E-state index in [0.717, 1.165) is 19.4 Å². The molecular formula is C10H18N2O2. The van der Waals surface area contributed by atoms with Gasteiger partial charge in [0.05, 0.1) is 0 Å². The Bertz CT molecular complexity index is 212. The number of carboxylic acids is 1. The van der Waals surface area contributed by atoms with Gasteiger partial charge >= 0.3 is 5.97 Å². The average molecular weight is 198 g/mol. The lowest BCUT2D eigenvalue weighted by atomic mass is 10.2. The summed E-state index contributed by atoms with van der Waals surface area (Å²) in [4.78, 5) is 10.4. The molecule has 80 valence electrons. The molecule has 3 N–H and O–H groups in total. The number of allylic oxidation sites excluding steroid dienone is 1. The molecule has 0 radical (unpaired) electrons. The van der Waals surface area contributed by atoms with Gasteiger partial charge in [-0.15, -0.1) is 0 Å². The summed E-state index contributed by atoms with van der Waals surface area (Å²) in [6, 6.07) is 0. The van der Waals surface area contributed by atoms with Gasteiger partial charge < -0.3 is 15.8 Å². The molecule has 0 aliphatic carbocycles. The fourth-order valence-electron chi connectivity index (χ4n) is 1.01. The van der Waals surface area contributed by atoms with Crippen LogP contribution in [0.1, 0.15) is 32.6 Å². The van der Waals surface area contributed by atoms with Crippen molar-refractivity contribution in [2.75, 3.05) is 6.54 Å². The highest BCUT2D eigenvalue weighted by Gasteiger charge is 1.98. The minimum absolute atomic E-state index is 0.582. The van der Waals surface area contributed by atoms with Gasteiger partial charge in [0, 0.05) is 18.3 Å². The number of nitrogens with one attached hydrogen (secondary N) is 2. The highest BCUT2D eigenvalue weighted by atomic mass is 16.4. The normalized spacial score (nSPS) is 11.1. The Labute approximate surface area is 84.5 Å². The zero-order chi connectivity index (χ0) is 10.8. The number of aliphatic carboxylic acids is 1. The first-order chi connectivity index (χ1) is 6.70. The maximum absolute atomic E-state index is 10.4. The Balaban J connectivity index is 3.97. The van der Waals surface area contributed by atoms with Gasteiger partial charge in [0.1, 0.15) is 0 Å². The fourth-order valence-corrected chi connectivity index (χ4v) is 1.01. The summed E-state index contributed by atoms with van der Waals surface area (Å²) in [7, 11) is 0. The second-order valence-electron chi connectivity index (χ2n) is 3.03. The fraction of sp³-hybridized carbons (Fsp3) is 0.600. The second kappa shape index (κ2) is 8.29. The highest BCUT2D eigenvalue weighted by Crippen LogP contribution is 2.00. The molecular weight excluding hydrogens is 180 g/mol. The zero-order valence-electron chi connectivity index (χ0n) is 8.55. The van der Waals surface area contributed by atoms with Crippen molar-refractivity contribution in [3.05, 3.63) is 11.8 Å². The molecule has 0 fully saturated rings. The lowest BCUT2D eigenvalue weighted by Gasteiger charge is -2.08. The van der Waals surface area contributed by atoms with Crippen molar-refractivity contribution in [1.82, 2.24) is 5.32 Å². The Hall–Kier alpha value is -1.32. The van der Waals surface area contributed by atoms with Crippen LogP contribution in [0.4, 0.5) is 0 Å². The number of hydrogen-bond donors (Lipinski definition) is 3. The zero-order valence-corrected chi connectivity index (χ0v) is 8.55. The van der Waals surface area contributed by atoms with Gasteiger partial charge in [0.2, 0.25) is 0 Å². The molecule has 0 rings (SSSR count). The standard InChI is InChI=1S/C10H18N2O2/c1-2-3-7-12-9(5-4-6-11)8-10(13)14/h6,8,11-12H,2-5,7H2,1H3,(H,13,14). The van der Waals surface area contributed by atoms with Gasteiger partial charge in [-0.25, -0.2) is 4.79 Å². The first-order valence-electron chi connectivity index (χ1n) is 4.87. The third kappa shape index (κ3) is 7.34. The van der Waals surface area contributed by atoms with Crippen molar-refractivity contribution in [1.29, 1.82) is 5.41 Å². The maximum atomic E-state index is 10.4. The van der Waals surface area contributed by atoms with Crippen molar-refractivity contribution < 1.29 is 9.90 Å². The minimum Gasteiger partial charge on any atom is -0.478 e. The Morgan fingerprint density at radius 2 is 2.29 bits per heavy atom. The van der Waals surface area contributed by atoms with E-state index in [0.29, 0.717) is 18.5 Å². The smallest absolute Gasteiger partial charge is 0.330 e. The van der Waals surface area contributed by atoms with E-state index >= 15 is 0 Å². The molecule has 0 aromatic rings. The van der Waals surface area contributed by atoms with Crippen LogP contribution in [0.15, 0.2) is 11.8 Å². The summed E-state index contributed by atoms with van der Waals surface area (Å²) in [6.07, 6.45) is 5.76. The van der Waals surface area contributed by atoms with Crippen LogP contribution in [0.3, 0.4) is 0 Å². The first kappa shape index (κ1) is 12.7. The Kier molecular flexibility index (Phi) is 7.50. The van der Waals surface area contributed by atoms with Crippen molar-refractivity contribution in [2.24, 2.45) is 0 Å². The molecule has 0 unspecified atom stereocenters. The van der Waals surface area contributed by atoms with E-state index in [1.54, 1.807) is 0 Å². The minimum atomic E-state index is -0.936. The van der Waals surface area contributed by atoms with Crippen molar-refractivity contribution in [3.63, 3.8) is 0 Å². The van der Waals surface area contributed by atoms with Crippen LogP contribution < -0.4 is 5.32 Å². The van der Waals surface area contributed by atoms with Crippen molar-refractivity contribution in [3.8, 4) is 0 Å². The maximum Gasteiger partial charge on any atom is 0.330 e. The van der Waals surface area contributed by atoms with E-state index in [1.165, 1.54) is 12.3 Å². The topological polar surface area (TPSA) is 73.2 Å². The molecule has 0 amide bonds. The van der Waals surface area contributed by atoms with Gasteiger partial charge in [0.25, 0.3) is 0 Å². The lowest BCUT2D eigenvalue weighted by Crippen LogP contribution is -2.16. The van der Waals surface area contributed by atoms with E-state index in [2.05, 4.69) is 12.2 Å². The van der Waals surface area contributed by atoms with Gasteiger partial charge in [-0.05, 0) is 25.5 Å². The Morgan fingerprint density at radius 3 is 2.79 bits per heavy atom. The van der Waals surface area contributed by atoms with E-state index < -0.39 is 5.97 Å². The van der Waals surface area contributed by atoms with Crippen LogP contribution in [0.25, 0.3) is 0 Å². The molecule has 0 saturated heterocycles. The van der Waals surface area contributed by atoms with Crippen molar-refractivity contribution in [2.45, 2.75) is 32.6 Å². The van der Waals surface area contributed by atoms with Crippen LogP contribution in [-0.4, -0.2) is 23.8 Å². The van der Waals surface area contributed by atoms with Gasteiger partial charge in [0.15, 0.2) is 0 Å². The quantitative estimate of drug-likeness (QED) is 0.316. The van der Waals surface area contributed by atoms with E-state index in [1.807, 2.05) is 0 Å². The molecule has 14 heavy (non-hydrogen) atoms. The number of unbranched alkanes of at least 4 members (excludes halogenated alkanes) is 1. The number of carboxylic acid groups (broad SMARTS) is 1. The summed E-state index contributed by atoms with van der Waals surface area (Å²) in [5.41, 5.74) is 0.703. The number of carbonyl (C=O) groups is 1. The molecule has 0 spiro atoms. The van der Waals surface area contributed by atoms with Crippen molar-refractivity contribution >= 4 is 12.2 Å². The average Bonchev–Trinajstić information content (AvgIpc) is 2.13. The number of hydrogen-bond acceptors (Lipinski definition) is 3. The van der Waals surface area contributed by atoms with Gasteiger partial charge in [-0.3, -0.25) is 0 Å². The van der Waals surface area contributed by atoms with Crippen LogP contribution >= 0.6 is 0 Å². The molecule has 0 atom stereocenters. The van der Waals surface area contributed by atoms with Gasteiger partial charge in [-0.2, -0.15) is 0 Å². The van der Waals surface area contributed by atoms with Crippen LogP contribution in [0.2, 0.25) is 0 Å². The Morgan fingerprint density at radius 1 is 1.57 bits per heavy atom. The summed E-state index contributed by atoms with van der Waals surface area (Å²) in [5, 5.41) is 18.5. The highest BCUT2D eigenvalue weighted by molar-refractivity contribution is 5.80. The largest absolute Gasteiger partial charge is 0.478 e. The van der Waals surface area contributed by atoms with Crippen LogP contribution in [0.5, 0.6) is 0 Å². The van der Waals surface area contributed by atoms with E-state index in [-0.39, 0.29) is 0 Å². The molecule has 0 aliphatic rings. The first-order valence-corrected chi connectivity index (χ1v) is 4.87. The predicted molar refractivity (Wildman–Crippen MR) is 56.6 cm³/mol. The van der Waals surface area contributed by atoms with Crippen LogP contribution in [-0.2, 0) is 4.79 Å². The summed E-state index contributed by atoms with van der Waals surface area (Å²) in [6.45, 7) is 2.88. The monoisotopic (exact) mass is 198 g/mol. The molecule has 4 nitrogen and oxygen atoms in total. The lowest BCUT2D eigenvalue weighted by molar-refractivity contribution is -0.131. The number of rotatable bonds is 8. The molecule has 0 aromatic heterocycles. The van der Waals surface area contributed by atoms with E-state index in [4.69, 9.17) is 10.5 Å². The van der Waals surface area contributed by atoms with E-state index in [9.17, 15) is 4.79 Å². The predicted octanol–water partition coefficient (Wildman–Crippen LogP) is 1.77. The molecule has 0 bridgehead atoms. The third-order valence-electron chi connectivity index (χ3n) is 1.74. The molecule has 4 heteroatoms. The summed E-state index contributed by atoms with van der Waals surface area (Å²) < 4.78 is 0. The summed E-state index contributed by atoms with van der Waals surface area (Å²) in [5.74, 6) is -0.936. The molecule has 0 saturated carbocycles. The SMILES string of the molecule is CCCCNC(=CC(=O)O)CCC=N. The molecule has 0 aromatic carbocycles. The van der Waals surface area contributed by atoms with Gasteiger partial charge in [-0.1, -0.05) is 13.3 Å². The van der Waals surface area contributed by atoms with Crippen LogP contribution in [0, 0.1) is 5.41 Å². The second-order valence-corrected chi connectivity index (χ2v) is 3.03.